The Labute approximate surface area is 494 Å². The van der Waals surface area contributed by atoms with Crippen molar-refractivity contribution in [1.29, 1.82) is 0 Å². The number of esters is 1. The number of likely N-dealkylation sites (N-methyl/N-ethyl adjacent to an activating group) is 1. The molecular formula is C63H82FN8O6S2Si2+. The molecule has 1 aliphatic rings. The molecule has 0 amide bonds. The van der Waals surface area contributed by atoms with Gasteiger partial charge < -0.3 is 32.8 Å². The van der Waals surface area contributed by atoms with Gasteiger partial charge in [-0.15, -0.1) is 21.5 Å². The van der Waals surface area contributed by atoms with Crippen molar-refractivity contribution in [3.05, 3.63) is 142 Å². The molecule has 436 valence electrons. The minimum atomic E-state index is -2.98. The number of halogens is 1. The Morgan fingerprint density at radius 3 is 2.26 bits per heavy atom. The maximum Gasteiger partial charge on any atom is 0.357 e. The molecule has 0 spiro atoms. The highest BCUT2D eigenvalue weighted by molar-refractivity contribution is 7.16. The van der Waals surface area contributed by atoms with Crippen molar-refractivity contribution in [2.75, 3.05) is 92.3 Å². The number of anilines is 2. The van der Waals surface area contributed by atoms with E-state index in [1.807, 2.05) is 44.1 Å². The number of carbonyl (C=O) groups is 1. The summed E-state index contributed by atoms with van der Waals surface area (Å²) in [5, 5.41) is 12.6. The molecule has 3 aromatic heterocycles. The number of carbonyl (C=O) groups excluding carboxylic acids is 1. The number of nitrogens with zero attached hydrogens (tertiary/aromatic N) is 8. The van der Waals surface area contributed by atoms with E-state index in [2.05, 4.69) is 142 Å². The lowest BCUT2D eigenvalue weighted by molar-refractivity contribution is -0.919. The highest BCUT2D eigenvalue weighted by atomic mass is 32.1. The van der Waals surface area contributed by atoms with Gasteiger partial charge in [0.2, 0.25) is 0 Å². The van der Waals surface area contributed by atoms with Crippen molar-refractivity contribution in [3.63, 3.8) is 0 Å². The van der Waals surface area contributed by atoms with Crippen LogP contribution in [0.15, 0.2) is 114 Å². The third kappa shape index (κ3) is 16.0. The van der Waals surface area contributed by atoms with E-state index in [1.165, 1.54) is 34.9 Å². The third-order valence-corrected chi connectivity index (χ3v) is 23.7. The molecule has 0 saturated carbocycles. The predicted octanol–water partition coefficient (Wildman–Crippen LogP) is 11.0. The summed E-state index contributed by atoms with van der Waals surface area (Å²) in [6.07, 6.45) is 2.18. The standard InChI is InChI=1S/C63H82FN8O6S2Si2/c1-47-43-57(67-68-59(47)66-62-71(46-76-41-42-81(9,10)11)53-29-18-19-30-55(53)79-62)70(61-65-58(60(73)74-8)56(80-61)31-22-38-77-54-33-32-48(44-52(54)64)23-20-34-69(5)6)35-21-24-49(45-72(7)36-39-75-40-37-72)78-82(63(2,3)4,50-25-14-12-15-26-50)51-27-16-13-17-28-51/h12-19,25-30,32-33,43-44,49H,21-22,24,31,34-42,45-46H2,1-11H3/q+1/b66-62-. The third-order valence-electron chi connectivity index (χ3n) is 14.8. The fourth-order valence-electron chi connectivity index (χ4n) is 10.2. The van der Waals surface area contributed by atoms with Gasteiger partial charge in [-0.2, -0.15) is 4.99 Å². The molecule has 1 unspecified atom stereocenters. The predicted molar refractivity (Wildman–Crippen MR) is 335 cm³/mol. The quantitative estimate of drug-likeness (QED) is 0.0179. The van der Waals surface area contributed by atoms with E-state index < -0.39 is 28.2 Å². The van der Waals surface area contributed by atoms with E-state index >= 15 is 4.39 Å². The first-order valence-corrected chi connectivity index (χ1v) is 35.7. The van der Waals surface area contributed by atoms with Crippen LogP contribution in [0.2, 0.25) is 30.7 Å². The highest BCUT2D eigenvalue weighted by Crippen LogP contribution is 2.39. The summed E-state index contributed by atoms with van der Waals surface area (Å²) in [7, 11) is 3.28. The molecule has 14 nitrogen and oxygen atoms in total. The minimum Gasteiger partial charge on any atom is -0.491 e. The molecular weight excluding hydrogens is 1100 g/mol. The zero-order valence-electron chi connectivity index (χ0n) is 49.8. The molecule has 1 aliphatic heterocycles. The second kappa shape index (κ2) is 28.1. The van der Waals surface area contributed by atoms with E-state index in [0.717, 1.165) is 62.0 Å². The van der Waals surface area contributed by atoms with Crippen molar-refractivity contribution in [3.8, 4) is 17.6 Å². The van der Waals surface area contributed by atoms with Crippen LogP contribution in [0.1, 0.15) is 66.5 Å². The van der Waals surface area contributed by atoms with Crippen molar-refractivity contribution < 1.29 is 37.0 Å². The number of hydrogen-bond acceptors (Lipinski definition) is 14. The first-order valence-electron chi connectivity index (χ1n) is 28.4. The molecule has 19 heteroatoms. The average Bonchev–Trinajstić information content (AvgIpc) is 4.15. The zero-order valence-corrected chi connectivity index (χ0v) is 53.4. The maximum atomic E-state index is 15.2. The molecule has 82 heavy (non-hydrogen) atoms. The number of hydrogen-bond donors (Lipinski definition) is 0. The largest absolute Gasteiger partial charge is 0.491 e. The lowest BCUT2D eigenvalue weighted by Gasteiger charge is -2.47. The number of aromatic nitrogens is 4. The number of benzene rings is 4. The first kappa shape index (κ1) is 62.1. The topological polar surface area (TPSA) is 126 Å². The number of fused-ring (bicyclic) bond motifs is 1. The van der Waals surface area contributed by atoms with Crippen LogP contribution in [0.3, 0.4) is 0 Å². The number of methoxy groups -OCH3 is 1. The van der Waals surface area contributed by atoms with Gasteiger partial charge in [0.05, 0.1) is 56.8 Å². The zero-order chi connectivity index (χ0) is 58.5. The van der Waals surface area contributed by atoms with Gasteiger partial charge >= 0.3 is 5.97 Å². The van der Waals surface area contributed by atoms with Crippen LogP contribution in [0.25, 0.3) is 10.2 Å². The highest BCUT2D eigenvalue weighted by Gasteiger charge is 2.52. The Hall–Kier alpha value is -5.93. The normalized spacial score (nSPS) is 14.4. The number of quaternary nitrogens is 1. The van der Waals surface area contributed by atoms with Crippen molar-refractivity contribution in [2.24, 2.45) is 4.99 Å². The van der Waals surface area contributed by atoms with Gasteiger partial charge in [-0.1, -0.05) is 136 Å². The Morgan fingerprint density at radius 2 is 1.61 bits per heavy atom. The molecule has 1 saturated heterocycles. The lowest BCUT2D eigenvalue weighted by atomic mass is 10.1. The molecule has 0 N–H and O–H groups in total. The van der Waals surface area contributed by atoms with Gasteiger partial charge in [-0.05, 0) is 110 Å². The summed E-state index contributed by atoms with van der Waals surface area (Å²) < 4.78 is 50.8. The summed E-state index contributed by atoms with van der Waals surface area (Å²) in [6, 6.07) is 37.8. The van der Waals surface area contributed by atoms with Gasteiger partial charge in [-0.3, -0.25) is 9.47 Å². The Morgan fingerprint density at radius 1 is 0.915 bits per heavy atom. The van der Waals surface area contributed by atoms with Crippen LogP contribution in [-0.4, -0.2) is 145 Å². The number of para-hydroxylation sites is 1. The number of thiazole rings is 2. The summed E-state index contributed by atoms with van der Waals surface area (Å²) in [6.45, 7) is 22.3. The van der Waals surface area contributed by atoms with E-state index in [0.29, 0.717) is 81.2 Å². The van der Waals surface area contributed by atoms with Crippen LogP contribution < -0.4 is 24.8 Å². The maximum absolute atomic E-state index is 15.2. The molecule has 1 fully saturated rings. The first-order chi connectivity index (χ1) is 39.3. The summed E-state index contributed by atoms with van der Waals surface area (Å²) >= 11 is 3.00. The van der Waals surface area contributed by atoms with Crippen LogP contribution in [0, 0.1) is 24.6 Å². The number of morpholine rings is 1. The van der Waals surface area contributed by atoms with Gasteiger partial charge in [0.15, 0.2) is 38.8 Å². The van der Waals surface area contributed by atoms with E-state index in [-0.39, 0.29) is 29.2 Å². The Kier molecular flexibility index (Phi) is 21.3. The second-order valence-electron chi connectivity index (χ2n) is 23.9. The number of ether oxygens (including phenoxy) is 4. The fourth-order valence-corrected chi connectivity index (χ4v) is 17.8. The van der Waals surface area contributed by atoms with Gasteiger partial charge in [0.1, 0.15) is 26.4 Å². The summed E-state index contributed by atoms with van der Waals surface area (Å²) in [5.41, 5.74) is 2.66. The van der Waals surface area contributed by atoms with Crippen LogP contribution in [0.5, 0.6) is 5.75 Å². The molecule has 7 aromatic rings. The van der Waals surface area contributed by atoms with Crippen molar-refractivity contribution >= 4 is 82.4 Å². The molecule has 4 aromatic carbocycles. The van der Waals surface area contributed by atoms with Crippen LogP contribution in [0.4, 0.5) is 21.2 Å². The lowest BCUT2D eigenvalue weighted by Crippen LogP contribution is -2.69. The van der Waals surface area contributed by atoms with Crippen molar-refractivity contribution in [1.82, 2.24) is 24.6 Å². The molecule has 8 rings (SSSR count). The molecule has 4 heterocycles. The average molecular weight is 1190 g/mol. The van der Waals surface area contributed by atoms with Crippen LogP contribution in [-0.2, 0) is 31.8 Å². The monoisotopic (exact) mass is 1190 g/mol. The fraction of sp³-hybridized carbons (Fsp3) is 0.444. The molecule has 0 radical (unpaired) electrons. The summed E-state index contributed by atoms with van der Waals surface area (Å²) in [5.74, 6) is 6.22. The minimum absolute atomic E-state index is 0.140. The SMILES string of the molecule is COC(=O)c1nc(N(CCCC(C[N+]2(C)CCOCC2)O[Si](c2ccccc2)(c2ccccc2)C(C)(C)C)c2cc(C)c(/N=c3\sc4ccccc4n3COCC[Si](C)(C)C)nn2)sc1CCCOc1ccc(C#CCN(C)C)cc1F. The van der Waals surface area contributed by atoms with Gasteiger partial charge in [-0.25, -0.2) is 14.2 Å². The summed E-state index contributed by atoms with van der Waals surface area (Å²) in [4.78, 5) is 29.3. The number of aryl methyl sites for hydroxylation is 2. The van der Waals surface area contributed by atoms with E-state index in [4.69, 9.17) is 43.5 Å². The molecule has 0 aliphatic carbocycles. The van der Waals surface area contributed by atoms with Gasteiger partial charge in [0, 0.05) is 31.7 Å². The van der Waals surface area contributed by atoms with Crippen molar-refractivity contribution in [2.45, 2.75) is 96.9 Å². The van der Waals surface area contributed by atoms with Crippen LogP contribution >= 0.6 is 22.7 Å². The Bertz CT molecular complexity index is 3320. The molecule has 1 atom stereocenters. The molecule has 0 bridgehead atoms. The number of rotatable bonds is 25. The smallest absolute Gasteiger partial charge is 0.357 e. The van der Waals surface area contributed by atoms with Gasteiger partial charge in [0.25, 0.3) is 8.32 Å². The Balaban J connectivity index is 1.13. The van der Waals surface area contributed by atoms with E-state index in [1.54, 1.807) is 23.5 Å². The second-order valence-corrected chi connectivity index (χ2v) is 35.8. The van der Waals surface area contributed by atoms with E-state index in [9.17, 15) is 4.79 Å².